The third-order valence-electron chi connectivity index (χ3n) is 9.05. The number of carboxylic acid groups (broad SMARTS) is 1. The molecule has 236 valence electrons. The molecule has 15 heteroatoms. The summed E-state index contributed by atoms with van der Waals surface area (Å²) in [6.07, 6.45) is 3.84. The molecule has 44 heavy (non-hydrogen) atoms. The van der Waals surface area contributed by atoms with Gasteiger partial charge in [0.2, 0.25) is 0 Å². The summed E-state index contributed by atoms with van der Waals surface area (Å²) >= 11 is 0. The second-order valence-corrected chi connectivity index (χ2v) is 13.8. The summed E-state index contributed by atoms with van der Waals surface area (Å²) < 4.78 is 43.5. The predicted molar refractivity (Wildman–Crippen MR) is 162 cm³/mol. The number of hydrogen-bond acceptors (Lipinski definition) is 8. The highest BCUT2D eigenvalue weighted by Gasteiger charge is 2.34. The summed E-state index contributed by atoms with van der Waals surface area (Å²) in [6, 6.07) is 7.86. The van der Waals surface area contributed by atoms with Crippen molar-refractivity contribution in [1.82, 2.24) is 33.6 Å². The molecule has 0 spiro atoms. The highest BCUT2D eigenvalue weighted by atomic mass is 32.2. The van der Waals surface area contributed by atoms with Crippen LogP contribution in [0.25, 0.3) is 16.7 Å². The summed E-state index contributed by atoms with van der Waals surface area (Å²) in [7, 11) is -1.40. The number of hydrogen-bond donors (Lipinski definition) is 2. The number of nitrogens with zero attached hydrogens (tertiary/aromatic N) is 7. The maximum Gasteiger partial charge on any atom is 0.407 e. The van der Waals surface area contributed by atoms with E-state index in [1.165, 1.54) is 31.1 Å². The Bertz CT molecular complexity index is 1660. The first-order valence-corrected chi connectivity index (χ1v) is 16.4. The van der Waals surface area contributed by atoms with Gasteiger partial charge in [0.05, 0.1) is 22.5 Å². The zero-order chi connectivity index (χ0) is 31.2. The van der Waals surface area contributed by atoms with E-state index in [0.29, 0.717) is 56.6 Å². The van der Waals surface area contributed by atoms with Crippen molar-refractivity contribution in [3.05, 3.63) is 47.5 Å². The van der Waals surface area contributed by atoms with Gasteiger partial charge in [-0.15, -0.1) is 0 Å². The van der Waals surface area contributed by atoms with E-state index < -0.39 is 22.2 Å². The number of halogens is 1. The van der Waals surface area contributed by atoms with Gasteiger partial charge in [-0.2, -0.15) is 17.8 Å². The van der Waals surface area contributed by atoms with Crippen molar-refractivity contribution in [2.24, 2.45) is 0 Å². The van der Waals surface area contributed by atoms with Crippen molar-refractivity contribution in [2.75, 3.05) is 58.3 Å². The number of carbonyl (C=O) groups is 2. The van der Waals surface area contributed by atoms with Crippen LogP contribution in [0.1, 0.15) is 54.2 Å². The Morgan fingerprint density at radius 1 is 1.00 bits per heavy atom. The fraction of sp³-hybridized carbons (Fsp3) is 0.517. The molecule has 4 heterocycles. The largest absolute Gasteiger partial charge is 0.465 e. The van der Waals surface area contributed by atoms with Gasteiger partial charge in [-0.25, -0.2) is 23.6 Å². The molecule has 6 rings (SSSR count). The van der Waals surface area contributed by atoms with Crippen molar-refractivity contribution in [2.45, 2.75) is 44.1 Å². The first-order chi connectivity index (χ1) is 21.0. The standard InChI is InChI=1S/C29H37FN8O5S/c1-34(2)44(42,43)33-28(39)23-18-24(36-12-10-21(11-13-36)35-14-16-37(17-15-35)29(40)41)25-26(19-4-3-5-19)32-38(27(25)31-23)22-8-6-20(30)7-9-22/h6-9,18-19,21H,3-5,10-17H2,1-2H3,(H,33,39)(H,40,41). The third kappa shape index (κ3) is 5.83. The molecule has 2 aromatic heterocycles. The fourth-order valence-electron chi connectivity index (χ4n) is 6.23. The molecule has 1 saturated carbocycles. The summed E-state index contributed by atoms with van der Waals surface area (Å²) in [5.74, 6) is -1.03. The molecular formula is C29H37FN8O5S. The summed E-state index contributed by atoms with van der Waals surface area (Å²) in [5.41, 5.74) is 2.58. The number of pyridine rings is 1. The van der Waals surface area contributed by atoms with E-state index in [0.717, 1.165) is 53.2 Å². The summed E-state index contributed by atoms with van der Waals surface area (Å²) in [5, 5.41) is 15.1. The van der Waals surface area contributed by atoms with E-state index in [2.05, 4.69) is 19.5 Å². The lowest BCUT2D eigenvalue weighted by Gasteiger charge is -2.43. The van der Waals surface area contributed by atoms with E-state index in [-0.39, 0.29) is 17.4 Å². The van der Waals surface area contributed by atoms with Crippen LogP contribution < -0.4 is 9.62 Å². The number of aromatic nitrogens is 3. The topological polar surface area (TPSA) is 144 Å². The van der Waals surface area contributed by atoms with Gasteiger partial charge in [-0.3, -0.25) is 9.69 Å². The monoisotopic (exact) mass is 628 g/mol. The van der Waals surface area contributed by atoms with Gasteiger partial charge in [-0.05, 0) is 56.0 Å². The minimum absolute atomic E-state index is 0.0618. The first-order valence-electron chi connectivity index (χ1n) is 14.9. The molecule has 0 atom stereocenters. The van der Waals surface area contributed by atoms with Gasteiger partial charge in [0.1, 0.15) is 11.5 Å². The lowest BCUT2D eigenvalue weighted by molar-refractivity contribution is 0.0775. The fourth-order valence-corrected chi connectivity index (χ4v) is 6.75. The minimum Gasteiger partial charge on any atom is -0.465 e. The molecule has 3 fully saturated rings. The van der Waals surface area contributed by atoms with E-state index in [4.69, 9.17) is 5.10 Å². The lowest BCUT2D eigenvalue weighted by Crippen LogP contribution is -2.54. The molecule has 0 unspecified atom stereocenters. The number of piperazine rings is 1. The second kappa shape index (κ2) is 11.9. The molecule has 2 amide bonds. The molecule has 0 bridgehead atoms. The van der Waals surface area contributed by atoms with Crippen LogP contribution in [0.4, 0.5) is 14.9 Å². The van der Waals surface area contributed by atoms with Crippen molar-refractivity contribution >= 4 is 38.9 Å². The molecule has 1 aromatic carbocycles. The molecule has 13 nitrogen and oxygen atoms in total. The molecule has 2 saturated heterocycles. The van der Waals surface area contributed by atoms with Gasteiger partial charge in [0.15, 0.2) is 5.65 Å². The average molecular weight is 629 g/mol. The Balaban J connectivity index is 1.38. The number of anilines is 1. The van der Waals surface area contributed by atoms with Crippen LogP contribution in [0.2, 0.25) is 0 Å². The Labute approximate surface area is 255 Å². The Kier molecular flexibility index (Phi) is 8.20. The van der Waals surface area contributed by atoms with E-state index in [1.54, 1.807) is 22.9 Å². The lowest BCUT2D eigenvalue weighted by atomic mass is 9.82. The van der Waals surface area contributed by atoms with Crippen molar-refractivity contribution in [3.63, 3.8) is 0 Å². The number of piperidine rings is 1. The number of nitrogens with one attached hydrogen (secondary N) is 1. The molecule has 1 aliphatic carbocycles. The zero-order valence-corrected chi connectivity index (χ0v) is 25.6. The number of amides is 2. The molecule has 2 N–H and O–H groups in total. The molecule has 0 radical (unpaired) electrons. The van der Waals surface area contributed by atoms with Crippen molar-refractivity contribution in [3.8, 4) is 5.69 Å². The molecular weight excluding hydrogens is 591 g/mol. The summed E-state index contributed by atoms with van der Waals surface area (Å²) in [4.78, 5) is 35.4. The summed E-state index contributed by atoms with van der Waals surface area (Å²) in [6.45, 7) is 3.73. The number of fused-ring (bicyclic) bond motifs is 1. The second-order valence-electron chi connectivity index (χ2n) is 11.9. The first kappa shape index (κ1) is 30.2. The highest BCUT2D eigenvalue weighted by Crippen LogP contribution is 2.43. The van der Waals surface area contributed by atoms with Crippen molar-refractivity contribution in [1.29, 1.82) is 0 Å². The molecule has 3 aromatic rings. The van der Waals surface area contributed by atoms with Gasteiger partial charge in [0, 0.05) is 65.3 Å². The van der Waals surface area contributed by atoms with E-state index in [1.807, 2.05) is 0 Å². The van der Waals surface area contributed by atoms with E-state index >= 15 is 0 Å². The van der Waals surface area contributed by atoms with Gasteiger partial charge in [-0.1, -0.05) is 6.42 Å². The van der Waals surface area contributed by atoms with Gasteiger partial charge in [0.25, 0.3) is 5.91 Å². The van der Waals surface area contributed by atoms with Crippen molar-refractivity contribution < 1.29 is 27.5 Å². The van der Waals surface area contributed by atoms with E-state index in [9.17, 15) is 27.5 Å². The van der Waals surface area contributed by atoms with Crippen LogP contribution in [0.15, 0.2) is 30.3 Å². The SMILES string of the molecule is CN(C)S(=O)(=O)NC(=O)c1cc(N2CCC(N3CCN(C(=O)O)CC3)CC2)c2c(C3CCC3)nn(-c3ccc(F)cc3)c2n1. The smallest absolute Gasteiger partial charge is 0.407 e. The normalized spacial score (nSPS) is 19.0. The average Bonchev–Trinajstić information content (AvgIpc) is 3.35. The highest BCUT2D eigenvalue weighted by molar-refractivity contribution is 7.87. The van der Waals surface area contributed by atoms with Crippen LogP contribution in [0.3, 0.4) is 0 Å². The van der Waals surface area contributed by atoms with Crippen LogP contribution in [-0.4, -0.2) is 114 Å². The van der Waals surface area contributed by atoms with Crippen LogP contribution in [0, 0.1) is 5.82 Å². The quantitative estimate of drug-likeness (QED) is 0.404. The van der Waals surface area contributed by atoms with Crippen LogP contribution >= 0.6 is 0 Å². The maximum atomic E-state index is 13.8. The number of carbonyl (C=O) groups excluding carboxylic acids is 1. The zero-order valence-electron chi connectivity index (χ0n) is 24.8. The Morgan fingerprint density at radius 3 is 2.23 bits per heavy atom. The van der Waals surface area contributed by atoms with Gasteiger partial charge >= 0.3 is 16.3 Å². The number of rotatable bonds is 7. The molecule has 2 aliphatic heterocycles. The Morgan fingerprint density at radius 2 is 1.66 bits per heavy atom. The van der Waals surface area contributed by atoms with Gasteiger partial charge < -0.3 is 14.9 Å². The van der Waals surface area contributed by atoms with Crippen LogP contribution in [0.5, 0.6) is 0 Å². The maximum absolute atomic E-state index is 13.8. The van der Waals surface area contributed by atoms with Crippen LogP contribution in [-0.2, 0) is 10.2 Å². The molecule has 3 aliphatic rings. The predicted octanol–water partition coefficient (Wildman–Crippen LogP) is 2.63. The number of benzene rings is 1. The third-order valence-corrected chi connectivity index (χ3v) is 10.5. The minimum atomic E-state index is -4.07. The Hall–Kier alpha value is -3.82.